The lowest BCUT2D eigenvalue weighted by Gasteiger charge is -2.37. The van der Waals surface area contributed by atoms with Crippen LogP contribution in [0.4, 0.5) is 0 Å². The van der Waals surface area contributed by atoms with E-state index < -0.39 is 0 Å². The number of amides is 1. The quantitative estimate of drug-likeness (QED) is 0.835. The minimum Gasteiger partial charge on any atom is -0.381 e. The van der Waals surface area contributed by atoms with Crippen molar-refractivity contribution in [2.75, 3.05) is 19.8 Å². The maximum absolute atomic E-state index is 12.3. The molecule has 0 unspecified atom stereocenters. The molecule has 1 fully saturated rings. The van der Waals surface area contributed by atoms with Gasteiger partial charge in [0.2, 0.25) is 5.91 Å². The first kappa shape index (κ1) is 17.5. The molecule has 0 radical (unpaired) electrons. The predicted molar refractivity (Wildman–Crippen MR) is 98.8 cm³/mol. The minimum absolute atomic E-state index is 0.0178. The Balaban J connectivity index is 1.55. The first-order valence-electron chi connectivity index (χ1n) is 8.30. The van der Waals surface area contributed by atoms with Crippen LogP contribution in [0.15, 0.2) is 41.1 Å². The van der Waals surface area contributed by atoms with E-state index in [1.807, 2.05) is 24.3 Å². The molecule has 2 heterocycles. The fourth-order valence-corrected chi connectivity index (χ4v) is 4.19. The van der Waals surface area contributed by atoms with E-state index in [4.69, 9.17) is 16.3 Å². The van der Waals surface area contributed by atoms with Crippen LogP contribution in [0.25, 0.3) is 0 Å². The highest BCUT2D eigenvalue weighted by Crippen LogP contribution is 2.35. The molecule has 1 aliphatic rings. The van der Waals surface area contributed by atoms with Crippen LogP contribution in [0.2, 0.25) is 5.02 Å². The molecular formula is C19H22ClNO2S. The molecule has 2 aromatic rings. The highest BCUT2D eigenvalue weighted by Gasteiger charge is 2.35. The number of hydrogen-bond donors (Lipinski definition) is 1. The number of halogens is 1. The van der Waals surface area contributed by atoms with Crippen LogP contribution in [0.5, 0.6) is 0 Å². The van der Waals surface area contributed by atoms with Gasteiger partial charge in [-0.1, -0.05) is 23.7 Å². The average Bonchev–Trinajstić information content (AvgIpc) is 3.14. The maximum atomic E-state index is 12.3. The molecule has 1 N–H and O–H groups in total. The van der Waals surface area contributed by atoms with Gasteiger partial charge in [-0.25, -0.2) is 0 Å². The summed E-state index contributed by atoms with van der Waals surface area (Å²) < 4.78 is 5.52. The lowest BCUT2D eigenvalue weighted by molar-refractivity contribution is -0.121. The van der Waals surface area contributed by atoms with E-state index in [-0.39, 0.29) is 11.3 Å². The minimum atomic E-state index is 0.0178. The standard InChI is InChI=1S/C19H22ClNO2S/c20-17-3-1-2-15(12-17)4-5-18(22)21-14-19(7-9-23-10-8-19)16-6-11-24-13-16/h1-3,6,11-13H,4-5,7-10,14H2,(H,21,22). The summed E-state index contributed by atoms with van der Waals surface area (Å²) in [7, 11) is 0. The molecule has 1 amide bonds. The van der Waals surface area contributed by atoms with Gasteiger partial charge in [-0.05, 0) is 59.3 Å². The highest BCUT2D eigenvalue weighted by atomic mass is 35.5. The Bertz CT molecular complexity index is 666. The van der Waals surface area contributed by atoms with E-state index in [9.17, 15) is 4.79 Å². The molecule has 1 aromatic heterocycles. The summed E-state index contributed by atoms with van der Waals surface area (Å²) >= 11 is 7.70. The molecule has 1 aromatic carbocycles. The second-order valence-corrected chi connectivity index (χ2v) is 7.53. The normalized spacial score (nSPS) is 16.7. The van der Waals surface area contributed by atoms with Crippen LogP contribution in [0, 0.1) is 0 Å². The molecule has 0 atom stereocenters. The number of hydrogen-bond acceptors (Lipinski definition) is 3. The number of aryl methyl sites for hydroxylation is 1. The second kappa shape index (κ2) is 8.15. The van der Waals surface area contributed by atoms with E-state index in [0.29, 0.717) is 24.4 Å². The Kier molecular flexibility index (Phi) is 5.93. The summed E-state index contributed by atoms with van der Waals surface area (Å²) in [4.78, 5) is 12.3. The van der Waals surface area contributed by atoms with Gasteiger partial charge in [0.15, 0.2) is 0 Å². The molecule has 0 bridgehead atoms. The number of carbonyl (C=O) groups is 1. The first-order valence-corrected chi connectivity index (χ1v) is 9.62. The van der Waals surface area contributed by atoms with Crippen LogP contribution in [-0.4, -0.2) is 25.7 Å². The smallest absolute Gasteiger partial charge is 0.220 e. The largest absolute Gasteiger partial charge is 0.381 e. The number of nitrogens with one attached hydrogen (secondary N) is 1. The number of rotatable bonds is 6. The summed E-state index contributed by atoms with van der Waals surface area (Å²) in [6.07, 6.45) is 3.11. The van der Waals surface area contributed by atoms with Gasteiger partial charge >= 0.3 is 0 Å². The lowest BCUT2D eigenvalue weighted by atomic mass is 9.75. The Morgan fingerprint density at radius 2 is 2.12 bits per heavy atom. The average molecular weight is 364 g/mol. The molecule has 0 saturated carbocycles. The Hall–Kier alpha value is -1.36. The predicted octanol–water partition coefficient (Wildman–Crippen LogP) is 4.20. The van der Waals surface area contributed by atoms with Crippen LogP contribution in [0.3, 0.4) is 0 Å². The zero-order valence-electron chi connectivity index (χ0n) is 13.6. The summed E-state index contributed by atoms with van der Waals surface area (Å²) in [5.74, 6) is 0.0936. The summed E-state index contributed by atoms with van der Waals surface area (Å²) in [6.45, 7) is 2.20. The molecule has 3 rings (SSSR count). The number of benzene rings is 1. The molecule has 1 saturated heterocycles. The zero-order chi connectivity index (χ0) is 16.8. The van der Waals surface area contributed by atoms with Crippen molar-refractivity contribution in [3.8, 4) is 0 Å². The highest BCUT2D eigenvalue weighted by molar-refractivity contribution is 7.08. The molecule has 3 nitrogen and oxygen atoms in total. The van der Waals surface area contributed by atoms with Gasteiger partial charge in [0.25, 0.3) is 0 Å². The van der Waals surface area contributed by atoms with Gasteiger partial charge in [0, 0.05) is 36.6 Å². The monoisotopic (exact) mass is 363 g/mol. The van der Waals surface area contributed by atoms with Crippen molar-refractivity contribution in [2.45, 2.75) is 31.1 Å². The van der Waals surface area contributed by atoms with E-state index in [0.717, 1.165) is 31.6 Å². The van der Waals surface area contributed by atoms with Gasteiger partial charge in [0.1, 0.15) is 0 Å². The summed E-state index contributed by atoms with van der Waals surface area (Å²) in [5.41, 5.74) is 2.44. The first-order chi connectivity index (χ1) is 11.7. The SMILES string of the molecule is O=C(CCc1cccc(Cl)c1)NCC1(c2ccsc2)CCOCC1. The fraction of sp³-hybridized carbons (Fsp3) is 0.421. The van der Waals surface area contributed by atoms with Gasteiger partial charge in [0.05, 0.1) is 0 Å². The van der Waals surface area contributed by atoms with Crippen molar-refractivity contribution in [2.24, 2.45) is 0 Å². The maximum Gasteiger partial charge on any atom is 0.220 e. The number of thiophene rings is 1. The topological polar surface area (TPSA) is 38.3 Å². The third-order valence-electron chi connectivity index (χ3n) is 4.74. The van der Waals surface area contributed by atoms with Crippen LogP contribution in [-0.2, 0) is 21.4 Å². The number of ether oxygens (including phenoxy) is 1. The van der Waals surface area contributed by atoms with Crippen molar-refractivity contribution in [3.05, 3.63) is 57.2 Å². The Morgan fingerprint density at radius 1 is 1.29 bits per heavy atom. The van der Waals surface area contributed by atoms with E-state index in [2.05, 4.69) is 22.1 Å². The molecule has 1 aliphatic heterocycles. The second-order valence-electron chi connectivity index (χ2n) is 6.31. The third kappa shape index (κ3) is 4.38. The number of carbonyl (C=O) groups excluding carboxylic acids is 1. The van der Waals surface area contributed by atoms with E-state index >= 15 is 0 Å². The summed E-state index contributed by atoms with van der Waals surface area (Å²) in [5, 5.41) is 8.16. The van der Waals surface area contributed by atoms with Crippen molar-refractivity contribution in [1.82, 2.24) is 5.32 Å². The molecule has 0 aliphatic carbocycles. The van der Waals surface area contributed by atoms with Gasteiger partial charge in [-0.15, -0.1) is 0 Å². The Labute approximate surface area is 152 Å². The molecule has 5 heteroatoms. The van der Waals surface area contributed by atoms with Crippen LogP contribution in [0.1, 0.15) is 30.4 Å². The molecule has 0 spiro atoms. The molecule has 24 heavy (non-hydrogen) atoms. The van der Waals surface area contributed by atoms with Crippen molar-refractivity contribution in [1.29, 1.82) is 0 Å². The van der Waals surface area contributed by atoms with Gasteiger partial charge in [-0.3, -0.25) is 4.79 Å². The van der Waals surface area contributed by atoms with Crippen molar-refractivity contribution < 1.29 is 9.53 Å². The lowest BCUT2D eigenvalue weighted by Crippen LogP contribution is -2.44. The van der Waals surface area contributed by atoms with Gasteiger partial charge < -0.3 is 10.1 Å². The van der Waals surface area contributed by atoms with Crippen LogP contribution < -0.4 is 5.32 Å². The van der Waals surface area contributed by atoms with E-state index in [1.165, 1.54) is 5.56 Å². The molecule has 128 valence electrons. The third-order valence-corrected chi connectivity index (χ3v) is 5.66. The van der Waals surface area contributed by atoms with Crippen LogP contribution >= 0.6 is 22.9 Å². The van der Waals surface area contributed by atoms with Crippen molar-refractivity contribution in [3.63, 3.8) is 0 Å². The van der Waals surface area contributed by atoms with E-state index in [1.54, 1.807) is 11.3 Å². The summed E-state index contributed by atoms with van der Waals surface area (Å²) in [6, 6.07) is 9.86. The fourth-order valence-electron chi connectivity index (χ4n) is 3.20. The Morgan fingerprint density at radius 3 is 2.83 bits per heavy atom. The van der Waals surface area contributed by atoms with Crippen molar-refractivity contribution >= 4 is 28.8 Å². The van der Waals surface area contributed by atoms with Gasteiger partial charge in [-0.2, -0.15) is 11.3 Å². The zero-order valence-corrected chi connectivity index (χ0v) is 15.2. The molecular weight excluding hydrogens is 342 g/mol.